The van der Waals surface area contributed by atoms with Crippen molar-refractivity contribution in [2.75, 3.05) is 19.9 Å². The predicted molar refractivity (Wildman–Crippen MR) is 133 cm³/mol. The molecule has 3 aromatic carbocycles. The van der Waals surface area contributed by atoms with Gasteiger partial charge >= 0.3 is 5.97 Å². The van der Waals surface area contributed by atoms with Gasteiger partial charge in [-0.05, 0) is 72.9 Å². The standard InChI is InChI=1S/C27H29NO5S/c1-19(9-10-20-11-14-23(32-2)15-12-20)28-18-24(29)22-13-16-25(26(17-22)34(3)31)33-27(30)21-7-5-4-6-8-21/h4-8,11-17,19,28H,9-10,18H2,1-3H3. The van der Waals surface area contributed by atoms with E-state index in [-0.39, 0.29) is 24.1 Å². The van der Waals surface area contributed by atoms with Crippen molar-refractivity contribution in [3.63, 3.8) is 0 Å². The van der Waals surface area contributed by atoms with Crippen molar-refractivity contribution >= 4 is 22.9 Å². The normalized spacial score (nSPS) is 12.6. The van der Waals surface area contributed by atoms with Gasteiger partial charge in [-0.3, -0.25) is 4.79 Å². The van der Waals surface area contributed by atoms with Crippen LogP contribution >= 0.6 is 0 Å². The van der Waals surface area contributed by atoms with Crippen LogP contribution in [-0.2, 0) is 17.6 Å². The molecule has 0 radical (unpaired) electrons. The van der Waals surface area contributed by atoms with E-state index in [4.69, 9.17) is 9.47 Å². The predicted octanol–water partition coefficient (Wildman–Crippen LogP) is 4.45. The van der Waals surface area contributed by atoms with Gasteiger partial charge in [0.05, 0.1) is 19.2 Å². The number of aryl methyl sites for hydroxylation is 1. The lowest BCUT2D eigenvalue weighted by Gasteiger charge is -2.15. The second kappa shape index (κ2) is 12.4. The maximum absolute atomic E-state index is 12.7. The summed E-state index contributed by atoms with van der Waals surface area (Å²) in [6, 6.07) is 21.3. The molecule has 2 unspecified atom stereocenters. The first-order chi connectivity index (χ1) is 16.4. The number of ketones is 1. The smallest absolute Gasteiger partial charge is 0.343 e. The molecule has 0 aliphatic carbocycles. The zero-order valence-corrected chi connectivity index (χ0v) is 20.4. The molecule has 2 atom stereocenters. The summed E-state index contributed by atoms with van der Waals surface area (Å²) in [5.74, 6) is 0.350. The Hall–Kier alpha value is -3.13. The van der Waals surface area contributed by atoms with Crippen LogP contribution in [0.25, 0.3) is 0 Å². The quantitative estimate of drug-likeness (QED) is 0.189. The number of esters is 1. The van der Waals surface area contributed by atoms with Gasteiger partial charge < -0.3 is 19.3 Å². The monoisotopic (exact) mass is 479 g/mol. The van der Waals surface area contributed by atoms with Gasteiger partial charge in [0.2, 0.25) is 0 Å². The summed E-state index contributed by atoms with van der Waals surface area (Å²) in [4.78, 5) is 25.4. The number of nitrogens with one attached hydrogen (secondary N) is 1. The molecule has 6 nitrogen and oxygen atoms in total. The molecule has 0 saturated carbocycles. The lowest BCUT2D eigenvalue weighted by Crippen LogP contribution is -2.32. The van der Waals surface area contributed by atoms with Gasteiger partial charge in [-0.1, -0.05) is 30.3 Å². The van der Waals surface area contributed by atoms with Gasteiger partial charge in [0.15, 0.2) is 16.4 Å². The van der Waals surface area contributed by atoms with Crippen LogP contribution in [0.1, 0.15) is 39.6 Å². The second-order valence-electron chi connectivity index (χ2n) is 7.96. The van der Waals surface area contributed by atoms with E-state index in [0.29, 0.717) is 16.0 Å². The highest BCUT2D eigenvalue weighted by molar-refractivity contribution is 7.90. The molecule has 1 N–H and O–H groups in total. The number of ether oxygens (including phenoxy) is 2. The Bertz CT molecular complexity index is 1100. The van der Waals surface area contributed by atoms with Gasteiger partial charge in [-0.25, -0.2) is 4.79 Å². The van der Waals surface area contributed by atoms with Gasteiger partial charge in [-0.2, -0.15) is 0 Å². The molecule has 0 bridgehead atoms. The lowest BCUT2D eigenvalue weighted by atomic mass is 10.1. The van der Waals surface area contributed by atoms with Crippen LogP contribution in [0.4, 0.5) is 0 Å². The first kappa shape index (κ1) is 25.5. The maximum Gasteiger partial charge on any atom is 0.343 e. The van der Waals surface area contributed by atoms with Gasteiger partial charge in [0.1, 0.15) is 12.0 Å². The summed E-state index contributed by atoms with van der Waals surface area (Å²) in [6.45, 7) is 2.19. The minimum absolute atomic E-state index is 0.121. The van der Waals surface area contributed by atoms with Crippen LogP contribution in [0, 0.1) is 0 Å². The van der Waals surface area contributed by atoms with Crippen LogP contribution in [-0.4, -0.2) is 42.3 Å². The molecule has 3 aromatic rings. The van der Waals surface area contributed by atoms with Crippen molar-refractivity contribution in [1.29, 1.82) is 0 Å². The first-order valence-electron chi connectivity index (χ1n) is 11.0. The Balaban J connectivity index is 1.57. The molecule has 0 saturated heterocycles. The minimum Gasteiger partial charge on any atom is -0.612 e. The SMILES string of the molecule is COc1ccc(CCC(C)NCC(=O)c2ccc(OC(=O)c3ccccc3)c([S+](C)[O-])c2)cc1. The van der Waals surface area contributed by atoms with E-state index in [1.165, 1.54) is 24.0 Å². The molecule has 3 rings (SSSR count). The van der Waals surface area contributed by atoms with E-state index < -0.39 is 17.1 Å². The Morgan fingerprint density at radius 1 is 1.00 bits per heavy atom. The fourth-order valence-electron chi connectivity index (χ4n) is 3.37. The molecule has 7 heteroatoms. The lowest BCUT2D eigenvalue weighted by molar-refractivity contribution is 0.0730. The number of benzene rings is 3. The molecule has 0 amide bonds. The Labute approximate surface area is 203 Å². The van der Waals surface area contributed by atoms with Crippen molar-refractivity contribution in [3.8, 4) is 11.5 Å². The van der Waals surface area contributed by atoms with Gasteiger partial charge in [0.25, 0.3) is 0 Å². The van der Waals surface area contributed by atoms with E-state index in [9.17, 15) is 14.1 Å². The summed E-state index contributed by atoms with van der Waals surface area (Å²) in [7, 11) is 1.64. The fourth-order valence-corrected chi connectivity index (χ4v) is 4.06. The highest BCUT2D eigenvalue weighted by Gasteiger charge is 2.20. The van der Waals surface area contributed by atoms with Crippen molar-refractivity contribution < 1.29 is 23.6 Å². The van der Waals surface area contributed by atoms with E-state index in [0.717, 1.165) is 18.6 Å². The Morgan fingerprint density at radius 3 is 2.35 bits per heavy atom. The molecule has 0 spiro atoms. The summed E-state index contributed by atoms with van der Waals surface area (Å²) in [5.41, 5.74) is 2.01. The molecular weight excluding hydrogens is 450 g/mol. The zero-order valence-electron chi connectivity index (χ0n) is 19.6. The number of carbonyl (C=O) groups excluding carboxylic acids is 2. The summed E-state index contributed by atoms with van der Waals surface area (Å²) >= 11 is -1.44. The third-order valence-electron chi connectivity index (χ3n) is 5.42. The molecule has 0 fully saturated rings. The topological polar surface area (TPSA) is 87.7 Å². The summed E-state index contributed by atoms with van der Waals surface area (Å²) in [6.07, 6.45) is 3.24. The number of hydrogen-bond donors (Lipinski definition) is 1. The molecule has 0 aliphatic rings. The molecule has 178 valence electrons. The molecule has 0 aromatic heterocycles. The zero-order chi connectivity index (χ0) is 24.5. The summed E-state index contributed by atoms with van der Waals surface area (Å²) < 4.78 is 22.9. The number of Topliss-reactive ketones (excluding diaryl/α,β-unsaturated/α-hetero) is 1. The number of methoxy groups -OCH3 is 1. The number of hydrogen-bond acceptors (Lipinski definition) is 6. The van der Waals surface area contributed by atoms with E-state index >= 15 is 0 Å². The third-order valence-corrected chi connectivity index (χ3v) is 6.36. The van der Waals surface area contributed by atoms with Crippen LogP contribution in [0.15, 0.2) is 77.7 Å². The van der Waals surface area contributed by atoms with Crippen LogP contribution in [0.5, 0.6) is 11.5 Å². The summed E-state index contributed by atoms with van der Waals surface area (Å²) in [5, 5.41) is 3.26. The molecule has 34 heavy (non-hydrogen) atoms. The minimum atomic E-state index is -1.44. The third kappa shape index (κ3) is 7.18. The van der Waals surface area contributed by atoms with Crippen molar-refractivity contribution in [3.05, 3.63) is 89.5 Å². The number of carbonyl (C=O) groups is 2. The maximum atomic E-state index is 12.7. The highest BCUT2D eigenvalue weighted by atomic mass is 32.2. The number of rotatable bonds is 11. The average Bonchev–Trinajstić information content (AvgIpc) is 2.86. The Morgan fingerprint density at radius 2 is 1.71 bits per heavy atom. The van der Waals surface area contributed by atoms with Crippen molar-refractivity contribution in [1.82, 2.24) is 5.32 Å². The highest BCUT2D eigenvalue weighted by Crippen LogP contribution is 2.26. The second-order valence-corrected chi connectivity index (χ2v) is 9.31. The van der Waals surface area contributed by atoms with Crippen LogP contribution in [0.3, 0.4) is 0 Å². The molecular formula is C27H29NO5S. The molecule has 0 aliphatic heterocycles. The van der Waals surface area contributed by atoms with Crippen LogP contribution in [0.2, 0.25) is 0 Å². The van der Waals surface area contributed by atoms with Crippen molar-refractivity contribution in [2.45, 2.75) is 30.7 Å². The van der Waals surface area contributed by atoms with Gasteiger partial charge in [0, 0.05) is 17.7 Å². The van der Waals surface area contributed by atoms with E-state index in [2.05, 4.69) is 5.32 Å². The van der Waals surface area contributed by atoms with E-state index in [1.54, 1.807) is 43.5 Å². The first-order valence-corrected chi connectivity index (χ1v) is 12.6. The Kier molecular flexibility index (Phi) is 9.27. The molecule has 0 heterocycles. The fraction of sp³-hybridized carbons (Fsp3) is 0.259. The van der Waals surface area contributed by atoms with Gasteiger partial charge in [-0.15, -0.1) is 0 Å². The average molecular weight is 480 g/mol. The van der Waals surface area contributed by atoms with Crippen LogP contribution < -0.4 is 14.8 Å². The van der Waals surface area contributed by atoms with Crippen molar-refractivity contribution in [2.24, 2.45) is 0 Å². The largest absolute Gasteiger partial charge is 0.612 e. The van der Waals surface area contributed by atoms with E-state index in [1.807, 2.05) is 31.2 Å².